The minimum Gasteiger partial charge on any atom is -0.497 e. The standard InChI is InChI=1S/C23H23N3O3.C2H6/c1-15-9-10-26-14-20(25-22(26)11-15)16-5-4-6-17(12-16)24-23(27)19-8-7-18(28-2)13-21(19)29-3;1-2/h4-14,22,25H,1-3H3,(H,24,27);1-2H3. The molecule has 2 N–H and O–H groups in total. The van der Waals surface area contributed by atoms with Crippen LogP contribution in [-0.4, -0.2) is 31.2 Å². The normalized spacial score (nSPS) is 16.2. The number of amides is 1. The Morgan fingerprint density at radius 1 is 1.10 bits per heavy atom. The molecule has 0 radical (unpaired) electrons. The van der Waals surface area contributed by atoms with Crippen LogP contribution in [0.5, 0.6) is 11.5 Å². The first-order valence-corrected chi connectivity index (χ1v) is 10.3. The molecule has 2 aromatic carbocycles. The van der Waals surface area contributed by atoms with Gasteiger partial charge in [0.1, 0.15) is 17.7 Å². The third-order valence-corrected chi connectivity index (χ3v) is 4.92. The van der Waals surface area contributed by atoms with Crippen LogP contribution in [0.2, 0.25) is 0 Å². The minimum atomic E-state index is -0.242. The third-order valence-electron chi connectivity index (χ3n) is 4.92. The van der Waals surface area contributed by atoms with Gasteiger partial charge in [-0.1, -0.05) is 26.0 Å². The first-order chi connectivity index (χ1) is 15.1. The molecule has 31 heavy (non-hydrogen) atoms. The van der Waals surface area contributed by atoms with Crippen LogP contribution in [-0.2, 0) is 0 Å². The quantitative estimate of drug-likeness (QED) is 0.715. The third kappa shape index (κ3) is 4.91. The van der Waals surface area contributed by atoms with Crippen molar-refractivity contribution in [1.82, 2.24) is 10.2 Å². The molecule has 0 fully saturated rings. The number of ether oxygens (including phenoxy) is 2. The van der Waals surface area contributed by atoms with Crippen molar-refractivity contribution in [2.45, 2.75) is 26.9 Å². The van der Waals surface area contributed by atoms with Crippen molar-refractivity contribution in [2.24, 2.45) is 0 Å². The molecule has 2 aliphatic heterocycles. The molecule has 2 aromatic rings. The Morgan fingerprint density at radius 3 is 2.65 bits per heavy atom. The first kappa shape index (κ1) is 22.0. The summed E-state index contributed by atoms with van der Waals surface area (Å²) in [5.74, 6) is 0.854. The summed E-state index contributed by atoms with van der Waals surface area (Å²) in [5, 5.41) is 6.45. The number of hydrogen-bond donors (Lipinski definition) is 2. The zero-order valence-corrected chi connectivity index (χ0v) is 18.6. The maximum absolute atomic E-state index is 12.8. The number of hydrogen-bond acceptors (Lipinski definition) is 5. The fraction of sp³-hybridized carbons (Fsp3) is 0.240. The molecule has 6 nitrogen and oxygen atoms in total. The van der Waals surface area contributed by atoms with E-state index in [1.807, 2.05) is 38.1 Å². The van der Waals surface area contributed by atoms with E-state index >= 15 is 0 Å². The maximum Gasteiger partial charge on any atom is 0.259 e. The van der Waals surface area contributed by atoms with Crippen LogP contribution in [0.25, 0.3) is 5.70 Å². The van der Waals surface area contributed by atoms with Crippen LogP contribution in [0.1, 0.15) is 36.7 Å². The second-order valence-electron chi connectivity index (χ2n) is 6.91. The molecule has 0 aromatic heterocycles. The van der Waals surface area contributed by atoms with Gasteiger partial charge in [0, 0.05) is 29.7 Å². The second-order valence-corrected chi connectivity index (χ2v) is 6.91. The van der Waals surface area contributed by atoms with Crippen molar-refractivity contribution < 1.29 is 14.3 Å². The van der Waals surface area contributed by atoms with Crippen molar-refractivity contribution in [2.75, 3.05) is 19.5 Å². The lowest BCUT2D eigenvalue weighted by Gasteiger charge is -2.22. The molecule has 1 atom stereocenters. The Hall–Kier alpha value is -3.67. The average molecular weight is 420 g/mol. The van der Waals surface area contributed by atoms with Gasteiger partial charge in [-0.25, -0.2) is 0 Å². The highest BCUT2D eigenvalue weighted by Gasteiger charge is 2.23. The lowest BCUT2D eigenvalue weighted by molar-refractivity contribution is 0.102. The zero-order valence-electron chi connectivity index (χ0n) is 18.6. The summed E-state index contributed by atoms with van der Waals surface area (Å²) < 4.78 is 10.5. The Bertz CT molecular complexity index is 1040. The number of carbonyl (C=O) groups excluding carboxylic acids is 1. The average Bonchev–Trinajstić information content (AvgIpc) is 3.23. The van der Waals surface area contributed by atoms with E-state index in [4.69, 9.17) is 9.47 Å². The van der Waals surface area contributed by atoms with Gasteiger partial charge >= 0.3 is 0 Å². The number of fused-ring (bicyclic) bond motifs is 1. The van der Waals surface area contributed by atoms with E-state index < -0.39 is 0 Å². The molecule has 0 aliphatic carbocycles. The van der Waals surface area contributed by atoms with Crippen molar-refractivity contribution >= 4 is 17.3 Å². The lowest BCUT2D eigenvalue weighted by atomic mass is 10.1. The SMILES string of the molecule is CC.COc1ccc(C(=O)Nc2cccc(C3=CN4C=CC(C)=CC4N3)c2)c(OC)c1. The summed E-state index contributed by atoms with van der Waals surface area (Å²) in [6.07, 6.45) is 8.50. The number of methoxy groups -OCH3 is 2. The van der Waals surface area contributed by atoms with Gasteiger partial charge in [-0.05, 0) is 48.9 Å². The van der Waals surface area contributed by atoms with Crippen molar-refractivity contribution in [3.63, 3.8) is 0 Å². The van der Waals surface area contributed by atoms with E-state index in [1.165, 1.54) is 12.7 Å². The van der Waals surface area contributed by atoms with E-state index in [1.54, 1.807) is 25.3 Å². The number of nitrogens with zero attached hydrogens (tertiary/aromatic N) is 1. The van der Waals surface area contributed by atoms with Gasteiger partial charge in [-0.15, -0.1) is 0 Å². The molecule has 0 spiro atoms. The zero-order chi connectivity index (χ0) is 22.4. The highest BCUT2D eigenvalue weighted by atomic mass is 16.5. The largest absolute Gasteiger partial charge is 0.497 e. The van der Waals surface area contributed by atoms with E-state index in [0.717, 1.165) is 11.3 Å². The predicted octanol–water partition coefficient (Wildman–Crippen LogP) is 4.99. The summed E-state index contributed by atoms with van der Waals surface area (Å²) in [4.78, 5) is 14.9. The number of anilines is 1. The summed E-state index contributed by atoms with van der Waals surface area (Å²) in [6.45, 7) is 6.08. The number of carbonyl (C=O) groups is 1. The Balaban J connectivity index is 0.00000132. The van der Waals surface area contributed by atoms with Crippen molar-refractivity contribution in [3.8, 4) is 11.5 Å². The van der Waals surface area contributed by atoms with Gasteiger partial charge in [-0.3, -0.25) is 4.79 Å². The van der Waals surface area contributed by atoms with Crippen LogP contribution in [0.3, 0.4) is 0 Å². The van der Waals surface area contributed by atoms with Crippen molar-refractivity contribution in [3.05, 3.63) is 83.7 Å². The predicted molar refractivity (Wildman–Crippen MR) is 125 cm³/mol. The molecule has 2 heterocycles. The molecule has 162 valence electrons. The highest BCUT2D eigenvalue weighted by Crippen LogP contribution is 2.28. The fourth-order valence-electron chi connectivity index (χ4n) is 3.38. The van der Waals surface area contributed by atoms with E-state index in [-0.39, 0.29) is 12.1 Å². The molecule has 4 rings (SSSR count). The Morgan fingerprint density at radius 2 is 1.90 bits per heavy atom. The highest BCUT2D eigenvalue weighted by molar-refractivity contribution is 6.06. The molecular formula is C25H29N3O3. The molecule has 2 aliphatic rings. The number of benzene rings is 2. The van der Waals surface area contributed by atoms with E-state index in [0.29, 0.717) is 22.7 Å². The van der Waals surface area contributed by atoms with Gasteiger partial charge in [-0.2, -0.15) is 0 Å². The smallest absolute Gasteiger partial charge is 0.259 e. The molecule has 0 bridgehead atoms. The Kier molecular flexibility index (Phi) is 7.03. The summed E-state index contributed by atoms with van der Waals surface area (Å²) in [7, 11) is 3.11. The van der Waals surface area contributed by atoms with Crippen LogP contribution in [0.4, 0.5) is 5.69 Å². The number of rotatable bonds is 5. The minimum absolute atomic E-state index is 0.122. The topological polar surface area (TPSA) is 62.8 Å². The van der Waals surface area contributed by atoms with Gasteiger partial charge < -0.3 is 25.0 Å². The monoisotopic (exact) mass is 419 g/mol. The molecule has 6 heteroatoms. The molecule has 0 saturated carbocycles. The second kappa shape index (κ2) is 9.89. The molecular weight excluding hydrogens is 390 g/mol. The van der Waals surface area contributed by atoms with Crippen molar-refractivity contribution in [1.29, 1.82) is 0 Å². The van der Waals surface area contributed by atoms with Gasteiger partial charge in [0.25, 0.3) is 5.91 Å². The summed E-state index contributed by atoms with van der Waals surface area (Å²) in [5.41, 5.74) is 4.38. The molecule has 0 saturated heterocycles. The fourth-order valence-corrected chi connectivity index (χ4v) is 3.38. The van der Waals surface area contributed by atoms with Crippen LogP contribution >= 0.6 is 0 Å². The summed E-state index contributed by atoms with van der Waals surface area (Å²) >= 11 is 0. The van der Waals surface area contributed by atoms with Gasteiger partial charge in [0.15, 0.2) is 0 Å². The lowest BCUT2D eigenvalue weighted by Crippen LogP contribution is -2.32. The first-order valence-electron chi connectivity index (χ1n) is 10.3. The Labute approximate surface area is 183 Å². The van der Waals surface area contributed by atoms with E-state index in [2.05, 4.69) is 47.0 Å². The summed E-state index contributed by atoms with van der Waals surface area (Å²) in [6, 6.07) is 12.9. The maximum atomic E-state index is 12.8. The van der Waals surface area contributed by atoms with Gasteiger partial charge in [0.2, 0.25) is 0 Å². The van der Waals surface area contributed by atoms with Gasteiger partial charge in [0.05, 0.1) is 25.5 Å². The van der Waals surface area contributed by atoms with Crippen LogP contribution < -0.4 is 20.1 Å². The van der Waals surface area contributed by atoms with Crippen LogP contribution in [0, 0.1) is 0 Å². The molecule has 1 unspecified atom stereocenters. The molecule has 1 amide bonds. The van der Waals surface area contributed by atoms with Crippen LogP contribution in [0.15, 0.2) is 72.6 Å². The van der Waals surface area contributed by atoms with E-state index in [9.17, 15) is 4.79 Å². The number of allylic oxidation sites excluding steroid dienone is 2. The number of nitrogens with one attached hydrogen (secondary N) is 2.